The lowest BCUT2D eigenvalue weighted by molar-refractivity contribution is -0.139. The van der Waals surface area contributed by atoms with E-state index in [1.54, 1.807) is 36.5 Å². The van der Waals surface area contributed by atoms with Gasteiger partial charge in [0.1, 0.15) is 12.4 Å². The Labute approximate surface area is 189 Å². The van der Waals surface area contributed by atoms with E-state index in [1.165, 1.54) is 19.2 Å². The van der Waals surface area contributed by atoms with E-state index in [2.05, 4.69) is 4.98 Å². The van der Waals surface area contributed by atoms with Gasteiger partial charge in [-0.2, -0.15) is 0 Å². The van der Waals surface area contributed by atoms with Crippen molar-refractivity contribution in [3.8, 4) is 0 Å². The molecular weight excluding hydrogens is 409 g/mol. The highest BCUT2D eigenvalue weighted by atomic mass is 19.1. The van der Waals surface area contributed by atoms with Gasteiger partial charge in [-0.25, -0.2) is 4.39 Å². The number of hydrogen-bond acceptors (Lipinski definition) is 4. The van der Waals surface area contributed by atoms with Crippen LogP contribution in [0.25, 0.3) is 0 Å². The number of carbonyl (C=O) groups is 2. The first-order valence-corrected chi connectivity index (χ1v) is 11.1. The van der Waals surface area contributed by atoms with Crippen LogP contribution in [0.15, 0.2) is 48.8 Å². The summed E-state index contributed by atoms with van der Waals surface area (Å²) in [6, 6.07) is 10.3. The average molecular weight is 442 g/mol. The SMILES string of the molecule is COCC(=O)N(C)C(Cc1ccc(F)cc1)C1CCN(C(=O)CCc2cccnc2)CC1. The molecule has 7 heteroatoms. The van der Waals surface area contributed by atoms with Gasteiger partial charge in [-0.15, -0.1) is 0 Å². The molecule has 172 valence electrons. The van der Waals surface area contributed by atoms with E-state index >= 15 is 0 Å². The summed E-state index contributed by atoms with van der Waals surface area (Å²) in [4.78, 5) is 33.0. The molecule has 2 amide bonds. The zero-order valence-electron chi connectivity index (χ0n) is 18.9. The average Bonchev–Trinajstić information content (AvgIpc) is 2.82. The smallest absolute Gasteiger partial charge is 0.248 e. The summed E-state index contributed by atoms with van der Waals surface area (Å²) in [5.41, 5.74) is 2.05. The minimum absolute atomic E-state index is 0.0299. The van der Waals surface area contributed by atoms with Gasteiger partial charge < -0.3 is 14.5 Å². The molecule has 1 aliphatic rings. The van der Waals surface area contributed by atoms with Crippen molar-refractivity contribution >= 4 is 11.8 Å². The quantitative estimate of drug-likeness (QED) is 0.600. The highest BCUT2D eigenvalue weighted by Gasteiger charge is 2.32. The monoisotopic (exact) mass is 441 g/mol. The van der Waals surface area contributed by atoms with Crippen LogP contribution >= 0.6 is 0 Å². The number of hydrogen-bond donors (Lipinski definition) is 0. The van der Waals surface area contributed by atoms with Gasteiger partial charge in [0, 0.05) is 52.1 Å². The third-order valence-corrected chi connectivity index (χ3v) is 6.30. The highest BCUT2D eigenvalue weighted by molar-refractivity contribution is 5.77. The number of pyridine rings is 1. The predicted molar refractivity (Wildman–Crippen MR) is 120 cm³/mol. The maximum atomic E-state index is 13.3. The Morgan fingerprint density at radius 3 is 2.53 bits per heavy atom. The van der Waals surface area contributed by atoms with Crippen molar-refractivity contribution in [3.05, 3.63) is 65.7 Å². The molecule has 1 saturated heterocycles. The van der Waals surface area contributed by atoms with Gasteiger partial charge in [0.25, 0.3) is 0 Å². The number of aromatic nitrogens is 1. The Morgan fingerprint density at radius 1 is 1.19 bits per heavy atom. The van der Waals surface area contributed by atoms with Crippen LogP contribution in [0.1, 0.15) is 30.4 Å². The molecule has 32 heavy (non-hydrogen) atoms. The molecule has 0 aliphatic carbocycles. The first kappa shape index (κ1) is 23.9. The molecule has 2 aromatic rings. The maximum absolute atomic E-state index is 13.3. The molecule has 0 bridgehead atoms. The Balaban J connectivity index is 1.60. The molecular formula is C25H32FN3O3. The molecule has 0 saturated carbocycles. The van der Waals surface area contributed by atoms with E-state index in [4.69, 9.17) is 4.74 Å². The topological polar surface area (TPSA) is 62.7 Å². The van der Waals surface area contributed by atoms with Crippen molar-refractivity contribution < 1.29 is 18.7 Å². The number of likely N-dealkylation sites (tertiary alicyclic amines) is 1. The summed E-state index contributed by atoms with van der Waals surface area (Å²) in [6.45, 7) is 1.40. The second kappa shape index (κ2) is 11.7. The summed E-state index contributed by atoms with van der Waals surface area (Å²) in [6.07, 6.45) is 6.99. The second-order valence-corrected chi connectivity index (χ2v) is 8.42. The number of likely N-dealkylation sites (N-methyl/N-ethyl adjacent to an activating group) is 1. The molecule has 0 N–H and O–H groups in total. The third kappa shape index (κ3) is 6.60. The van der Waals surface area contributed by atoms with E-state index in [1.807, 2.05) is 17.0 Å². The van der Waals surface area contributed by atoms with E-state index in [9.17, 15) is 14.0 Å². The lowest BCUT2D eigenvalue weighted by Crippen LogP contribution is -2.49. The van der Waals surface area contributed by atoms with Crippen LogP contribution in [0.5, 0.6) is 0 Å². The summed E-state index contributed by atoms with van der Waals surface area (Å²) >= 11 is 0. The van der Waals surface area contributed by atoms with Gasteiger partial charge in [0.2, 0.25) is 11.8 Å². The Morgan fingerprint density at radius 2 is 1.91 bits per heavy atom. The van der Waals surface area contributed by atoms with Crippen molar-refractivity contribution in [3.63, 3.8) is 0 Å². The lowest BCUT2D eigenvalue weighted by atomic mass is 9.84. The van der Waals surface area contributed by atoms with Gasteiger partial charge in [-0.1, -0.05) is 18.2 Å². The van der Waals surface area contributed by atoms with E-state index < -0.39 is 0 Å². The van der Waals surface area contributed by atoms with Crippen LogP contribution in [0.4, 0.5) is 4.39 Å². The largest absolute Gasteiger partial charge is 0.375 e. The van der Waals surface area contributed by atoms with Crippen LogP contribution in [0, 0.1) is 11.7 Å². The number of methoxy groups -OCH3 is 1. The molecule has 1 unspecified atom stereocenters. The number of amides is 2. The molecule has 1 fully saturated rings. The number of piperidine rings is 1. The van der Waals surface area contributed by atoms with Gasteiger partial charge >= 0.3 is 0 Å². The molecule has 0 radical (unpaired) electrons. The normalized spacial score (nSPS) is 15.4. The van der Waals surface area contributed by atoms with Crippen LogP contribution in [-0.4, -0.2) is 66.5 Å². The molecule has 1 aromatic heterocycles. The van der Waals surface area contributed by atoms with Gasteiger partial charge in [0.15, 0.2) is 0 Å². The van der Waals surface area contributed by atoms with Crippen LogP contribution in [0.3, 0.4) is 0 Å². The van der Waals surface area contributed by atoms with Crippen LogP contribution in [-0.2, 0) is 27.2 Å². The first-order chi connectivity index (χ1) is 15.5. The number of halogens is 1. The number of carbonyl (C=O) groups excluding carboxylic acids is 2. The van der Waals surface area contributed by atoms with E-state index in [0.717, 1.165) is 24.0 Å². The molecule has 0 spiro atoms. The summed E-state index contributed by atoms with van der Waals surface area (Å²) < 4.78 is 18.4. The number of nitrogens with zero attached hydrogens (tertiary/aromatic N) is 3. The van der Waals surface area contributed by atoms with Crippen molar-refractivity contribution in [2.24, 2.45) is 5.92 Å². The van der Waals surface area contributed by atoms with Crippen molar-refractivity contribution in [2.45, 2.75) is 38.1 Å². The fourth-order valence-electron chi connectivity index (χ4n) is 4.38. The van der Waals surface area contributed by atoms with Gasteiger partial charge in [-0.05, 0) is 60.9 Å². The molecule has 1 aromatic carbocycles. The molecule has 2 heterocycles. The lowest BCUT2D eigenvalue weighted by Gasteiger charge is -2.40. The summed E-state index contributed by atoms with van der Waals surface area (Å²) in [7, 11) is 3.32. The summed E-state index contributed by atoms with van der Waals surface area (Å²) in [5.74, 6) is 0.0706. The van der Waals surface area contributed by atoms with Crippen molar-refractivity contribution in [1.82, 2.24) is 14.8 Å². The standard InChI is InChI=1S/C25H32FN3O3/c1-28(25(31)18-32-2)23(16-19-5-8-22(26)9-6-19)21-11-14-29(15-12-21)24(30)10-7-20-4-3-13-27-17-20/h3-6,8-9,13,17,21,23H,7,10-12,14-16,18H2,1-2H3. The Hall–Kier alpha value is -2.80. The summed E-state index contributed by atoms with van der Waals surface area (Å²) in [5, 5.41) is 0. The number of benzene rings is 1. The molecule has 1 atom stereocenters. The second-order valence-electron chi connectivity index (χ2n) is 8.42. The first-order valence-electron chi connectivity index (χ1n) is 11.1. The number of ether oxygens (including phenoxy) is 1. The zero-order chi connectivity index (χ0) is 22.9. The fourth-order valence-corrected chi connectivity index (χ4v) is 4.38. The van der Waals surface area contributed by atoms with Gasteiger partial charge in [0.05, 0.1) is 0 Å². The molecule has 1 aliphatic heterocycles. The number of rotatable bonds is 9. The van der Waals surface area contributed by atoms with Crippen LogP contribution in [0.2, 0.25) is 0 Å². The van der Waals surface area contributed by atoms with Crippen molar-refractivity contribution in [2.75, 3.05) is 33.9 Å². The van der Waals surface area contributed by atoms with Crippen molar-refractivity contribution in [1.29, 1.82) is 0 Å². The highest BCUT2D eigenvalue weighted by Crippen LogP contribution is 2.27. The maximum Gasteiger partial charge on any atom is 0.248 e. The van der Waals surface area contributed by atoms with E-state index in [-0.39, 0.29) is 36.2 Å². The van der Waals surface area contributed by atoms with Gasteiger partial charge in [-0.3, -0.25) is 14.6 Å². The zero-order valence-corrected chi connectivity index (χ0v) is 18.9. The Kier molecular flexibility index (Phi) is 8.73. The molecule has 6 nitrogen and oxygen atoms in total. The van der Waals surface area contributed by atoms with E-state index in [0.29, 0.717) is 32.4 Å². The third-order valence-electron chi connectivity index (χ3n) is 6.30. The predicted octanol–water partition coefficient (Wildman–Crippen LogP) is 3.11. The molecule has 3 rings (SSSR count). The van der Waals surface area contributed by atoms with Crippen LogP contribution < -0.4 is 0 Å². The fraction of sp³-hybridized carbons (Fsp3) is 0.480. The minimum atomic E-state index is -0.271. The Bertz CT molecular complexity index is 868. The number of aryl methyl sites for hydroxylation is 1. The minimum Gasteiger partial charge on any atom is -0.375 e.